The van der Waals surface area contributed by atoms with Gasteiger partial charge in [0, 0.05) is 37.6 Å². The van der Waals surface area contributed by atoms with Gasteiger partial charge in [0.1, 0.15) is 0 Å². The maximum atomic E-state index is 4.49. The number of pyridine rings is 1. The minimum absolute atomic E-state index is 0.706. The van der Waals surface area contributed by atoms with Crippen LogP contribution in [0, 0.1) is 5.92 Å². The Kier molecular flexibility index (Phi) is 4.25. The fourth-order valence-corrected chi connectivity index (χ4v) is 3.16. The summed E-state index contributed by atoms with van der Waals surface area (Å²) in [4.78, 5) is 6.96. The third-order valence-electron chi connectivity index (χ3n) is 4.89. The van der Waals surface area contributed by atoms with Crippen LogP contribution in [0.25, 0.3) is 0 Å². The van der Waals surface area contributed by atoms with E-state index in [1.54, 1.807) is 0 Å². The maximum absolute atomic E-state index is 4.49. The van der Waals surface area contributed by atoms with Gasteiger partial charge in [0.25, 0.3) is 0 Å². The Bertz CT molecular complexity index is 434. The van der Waals surface area contributed by atoms with E-state index in [1.165, 1.54) is 49.9 Å². The quantitative estimate of drug-likeness (QED) is 0.891. The molecule has 2 saturated carbocycles. The average Bonchev–Trinajstić information content (AvgIpc) is 3.30. The minimum atomic E-state index is 0.706. The van der Waals surface area contributed by atoms with Crippen molar-refractivity contribution in [2.24, 2.45) is 5.92 Å². The van der Waals surface area contributed by atoms with E-state index in [1.807, 2.05) is 6.20 Å². The molecule has 1 aromatic rings. The molecule has 2 aliphatic carbocycles. The molecule has 2 aliphatic rings. The Labute approximate surface area is 122 Å². The molecule has 3 heteroatoms. The van der Waals surface area contributed by atoms with Gasteiger partial charge < -0.3 is 10.2 Å². The molecule has 1 N–H and O–H groups in total. The van der Waals surface area contributed by atoms with Crippen LogP contribution < -0.4 is 10.2 Å². The van der Waals surface area contributed by atoms with Crippen molar-refractivity contribution in [1.82, 2.24) is 10.3 Å². The molecule has 2 fully saturated rings. The summed E-state index contributed by atoms with van der Waals surface area (Å²) in [5.41, 5.74) is 2.50. The van der Waals surface area contributed by atoms with Crippen LogP contribution in [0.5, 0.6) is 0 Å². The van der Waals surface area contributed by atoms with Crippen LogP contribution >= 0.6 is 0 Å². The molecule has 0 saturated heterocycles. The zero-order valence-electron chi connectivity index (χ0n) is 12.8. The van der Waals surface area contributed by atoms with Gasteiger partial charge in [-0.25, -0.2) is 0 Å². The molecule has 0 radical (unpaired) electrons. The van der Waals surface area contributed by atoms with Gasteiger partial charge in [-0.2, -0.15) is 0 Å². The lowest BCUT2D eigenvalue weighted by molar-refractivity contribution is 0.340. The van der Waals surface area contributed by atoms with E-state index in [9.17, 15) is 0 Å². The smallest absolute Gasteiger partial charge is 0.0562 e. The number of aromatic nitrogens is 1. The van der Waals surface area contributed by atoms with E-state index in [0.717, 1.165) is 18.5 Å². The van der Waals surface area contributed by atoms with Crippen LogP contribution in [0.2, 0.25) is 0 Å². The van der Waals surface area contributed by atoms with Crippen LogP contribution in [0.3, 0.4) is 0 Å². The molecule has 0 aliphatic heterocycles. The summed E-state index contributed by atoms with van der Waals surface area (Å²) >= 11 is 0. The second-order valence-corrected chi connectivity index (χ2v) is 6.69. The van der Waals surface area contributed by atoms with Gasteiger partial charge in [0.15, 0.2) is 0 Å². The number of nitrogens with one attached hydrogen (secondary N) is 1. The highest BCUT2D eigenvalue weighted by atomic mass is 15.1. The molecule has 3 rings (SSSR count). The predicted octanol–water partition coefficient (Wildman–Crippen LogP) is 3.35. The van der Waals surface area contributed by atoms with Crippen LogP contribution in [0.1, 0.15) is 51.1 Å². The number of anilines is 1. The standard InChI is InChI=1S/C17H27N3/c1-13-3-7-16(8-4-13)20(2)17-9-10-18-15(11-17)12-19-14-5-6-14/h9-11,13-14,16,19H,3-8,12H2,1-2H3. The monoisotopic (exact) mass is 273 g/mol. The van der Waals surface area contributed by atoms with E-state index >= 15 is 0 Å². The minimum Gasteiger partial charge on any atom is -0.372 e. The Morgan fingerprint density at radius 2 is 1.95 bits per heavy atom. The molecule has 20 heavy (non-hydrogen) atoms. The van der Waals surface area contributed by atoms with E-state index < -0.39 is 0 Å². The molecule has 0 atom stereocenters. The van der Waals surface area contributed by atoms with Gasteiger partial charge in [-0.1, -0.05) is 6.92 Å². The van der Waals surface area contributed by atoms with Gasteiger partial charge >= 0.3 is 0 Å². The highest BCUT2D eigenvalue weighted by molar-refractivity contribution is 5.46. The average molecular weight is 273 g/mol. The summed E-state index contributed by atoms with van der Waals surface area (Å²) < 4.78 is 0. The third-order valence-corrected chi connectivity index (χ3v) is 4.89. The van der Waals surface area contributed by atoms with E-state index in [4.69, 9.17) is 0 Å². The highest BCUT2D eigenvalue weighted by Crippen LogP contribution is 2.29. The van der Waals surface area contributed by atoms with Crippen molar-refractivity contribution in [3.8, 4) is 0 Å². The van der Waals surface area contributed by atoms with Crippen molar-refractivity contribution in [1.29, 1.82) is 0 Å². The first-order chi connectivity index (χ1) is 9.72. The van der Waals surface area contributed by atoms with Gasteiger partial charge in [-0.3, -0.25) is 4.98 Å². The topological polar surface area (TPSA) is 28.2 Å². The lowest BCUT2D eigenvalue weighted by Gasteiger charge is -2.35. The van der Waals surface area contributed by atoms with Crippen LogP contribution in [0.4, 0.5) is 5.69 Å². The fourth-order valence-electron chi connectivity index (χ4n) is 3.16. The Morgan fingerprint density at radius 3 is 2.65 bits per heavy atom. The summed E-state index contributed by atoms with van der Waals surface area (Å²) in [6.45, 7) is 3.29. The van der Waals surface area contributed by atoms with E-state index in [2.05, 4.69) is 41.3 Å². The Balaban J connectivity index is 1.61. The van der Waals surface area contributed by atoms with Crippen molar-refractivity contribution >= 4 is 5.69 Å². The summed E-state index contributed by atoms with van der Waals surface area (Å²) in [7, 11) is 2.24. The van der Waals surface area contributed by atoms with E-state index in [-0.39, 0.29) is 0 Å². The second-order valence-electron chi connectivity index (χ2n) is 6.69. The summed E-state index contributed by atoms with van der Waals surface area (Å²) in [5.74, 6) is 0.912. The zero-order chi connectivity index (χ0) is 13.9. The van der Waals surface area contributed by atoms with Crippen molar-refractivity contribution in [2.75, 3.05) is 11.9 Å². The molecule has 3 nitrogen and oxygen atoms in total. The molecule has 1 heterocycles. The fraction of sp³-hybridized carbons (Fsp3) is 0.706. The lowest BCUT2D eigenvalue weighted by atomic mass is 9.86. The SMILES string of the molecule is CC1CCC(N(C)c2ccnc(CNC3CC3)c2)CC1. The van der Waals surface area contributed by atoms with Crippen molar-refractivity contribution in [2.45, 2.75) is 64.1 Å². The predicted molar refractivity (Wildman–Crippen MR) is 83.9 cm³/mol. The number of hydrogen-bond donors (Lipinski definition) is 1. The maximum Gasteiger partial charge on any atom is 0.0562 e. The van der Waals surface area contributed by atoms with Crippen LogP contribution in [0.15, 0.2) is 18.3 Å². The molecule has 0 bridgehead atoms. The zero-order valence-corrected chi connectivity index (χ0v) is 12.8. The first kappa shape index (κ1) is 13.9. The second kappa shape index (κ2) is 6.13. The number of hydrogen-bond acceptors (Lipinski definition) is 3. The van der Waals surface area contributed by atoms with Crippen LogP contribution in [-0.2, 0) is 6.54 Å². The highest BCUT2D eigenvalue weighted by Gasteiger charge is 2.23. The molecule has 0 amide bonds. The molecule has 1 aromatic heterocycles. The normalized spacial score (nSPS) is 26.5. The third kappa shape index (κ3) is 3.51. The van der Waals surface area contributed by atoms with Gasteiger partial charge in [-0.15, -0.1) is 0 Å². The number of rotatable bonds is 5. The number of nitrogens with zero attached hydrogens (tertiary/aromatic N) is 2. The van der Waals surface area contributed by atoms with E-state index in [0.29, 0.717) is 6.04 Å². The summed E-state index contributed by atoms with van der Waals surface area (Å²) in [6, 6.07) is 5.86. The Hall–Kier alpha value is -1.09. The summed E-state index contributed by atoms with van der Waals surface area (Å²) in [6.07, 6.45) is 10.0. The first-order valence-corrected chi connectivity index (χ1v) is 8.13. The van der Waals surface area contributed by atoms with Crippen molar-refractivity contribution in [3.63, 3.8) is 0 Å². The van der Waals surface area contributed by atoms with Gasteiger partial charge in [0.2, 0.25) is 0 Å². The van der Waals surface area contributed by atoms with Gasteiger partial charge in [0.05, 0.1) is 5.69 Å². The molecular weight excluding hydrogens is 246 g/mol. The first-order valence-electron chi connectivity index (χ1n) is 8.13. The molecule has 0 aromatic carbocycles. The molecule has 110 valence electrons. The summed E-state index contributed by atoms with van der Waals surface area (Å²) in [5, 5.41) is 3.54. The lowest BCUT2D eigenvalue weighted by Crippen LogP contribution is -2.34. The van der Waals surface area contributed by atoms with Crippen LogP contribution in [-0.4, -0.2) is 24.1 Å². The molecule has 0 unspecified atom stereocenters. The molecular formula is C17H27N3. The Morgan fingerprint density at radius 1 is 1.20 bits per heavy atom. The van der Waals surface area contributed by atoms with Crippen molar-refractivity contribution < 1.29 is 0 Å². The largest absolute Gasteiger partial charge is 0.372 e. The van der Waals surface area contributed by atoms with Gasteiger partial charge in [-0.05, 0) is 56.6 Å². The van der Waals surface area contributed by atoms with Crippen molar-refractivity contribution in [3.05, 3.63) is 24.0 Å². The molecule has 0 spiro atoms.